The van der Waals surface area contributed by atoms with Gasteiger partial charge in [0, 0.05) is 58.3 Å². The van der Waals surface area contributed by atoms with Gasteiger partial charge in [-0.25, -0.2) is 4.79 Å². The summed E-state index contributed by atoms with van der Waals surface area (Å²) in [7, 11) is 8.31. The van der Waals surface area contributed by atoms with Gasteiger partial charge < -0.3 is 33.8 Å². The van der Waals surface area contributed by atoms with Gasteiger partial charge in [0.15, 0.2) is 11.5 Å². The molecule has 0 unspecified atom stereocenters. The summed E-state index contributed by atoms with van der Waals surface area (Å²) < 4.78 is 12.0. The fourth-order valence-electron chi connectivity index (χ4n) is 6.41. The van der Waals surface area contributed by atoms with Gasteiger partial charge >= 0.3 is 12.0 Å². The predicted molar refractivity (Wildman–Crippen MR) is 160 cm³/mol. The Morgan fingerprint density at radius 1 is 1.07 bits per heavy atom. The molecule has 3 heterocycles. The number of aliphatic carboxylic acids is 1. The van der Waals surface area contributed by atoms with Crippen molar-refractivity contribution < 1.29 is 33.4 Å². The number of fused-ring (bicyclic) bond motifs is 1. The maximum Gasteiger partial charge on any atom is 0.319 e. The van der Waals surface area contributed by atoms with Crippen LogP contribution in [0, 0.1) is 5.92 Å². The van der Waals surface area contributed by atoms with Gasteiger partial charge in [0.05, 0.1) is 40.2 Å². The Kier molecular flexibility index (Phi) is 10.6. The summed E-state index contributed by atoms with van der Waals surface area (Å²) >= 11 is 0. The number of carbonyl (C=O) groups excluding carboxylic acids is 2. The first-order valence-corrected chi connectivity index (χ1v) is 15.4. The number of likely N-dealkylation sites (N-methyl/N-ethyl adjacent to an activating group) is 1. The lowest BCUT2D eigenvalue weighted by atomic mass is 9.84. The molecule has 3 aliphatic heterocycles. The van der Waals surface area contributed by atoms with Crippen LogP contribution < -0.4 is 9.47 Å². The lowest BCUT2D eigenvalue weighted by Crippen LogP contribution is -2.46. The summed E-state index contributed by atoms with van der Waals surface area (Å²) in [6.07, 6.45) is 4.41. The third kappa shape index (κ3) is 7.86. The number of urea groups is 1. The Bertz CT molecular complexity index is 1110. The number of amides is 3. The molecule has 0 saturated carbocycles. The fourth-order valence-corrected chi connectivity index (χ4v) is 6.41. The van der Waals surface area contributed by atoms with E-state index in [1.165, 1.54) is 0 Å². The number of carbonyl (C=O) groups is 3. The van der Waals surface area contributed by atoms with Gasteiger partial charge in [-0.05, 0) is 43.4 Å². The molecule has 0 radical (unpaired) electrons. The Balaban J connectivity index is 1.53. The number of benzene rings is 1. The molecule has 0 aromatic heterocycles. The van der Waals surface area contributed by atoms with E-state index in [-0.39, 0.29) is 37.2 Å². The van der Waals surface area contributed by atoms with Gasteiger partial charge in [-0.1, -0.05) is 19.4 Å². The van der Waals surface area contributed by atoms with E-state index in [1.54, 1.807) is 16.8 Å². The van der Waals surface area contributed by atoms with E-state index in [4.69, 9.17) is 9.47 Å². The number of nitrogens with zero attached hydrogens (tertiary/aromatic N) is 5. The van der Waals surface area contributed by atoms with Crippen LogP contribution in [0.3, 0.4) is 0 Å². The number of ether oxygens (including phenoxy) is 2. The topological polar surface area (TPSA) is 103 Å². The lowest BCUT2D eigenvalue weighted by Gasteiger charge is -2.31. The van der Waals surface area contributed by atoms with Gasteiger partial charge in [0.1, 0.15) is 0 Å². The van der Waals surface area contributed by atoms with Crippen molar-refractivity contribution in [2.75, 3.05) is 87.3 Å². The summed E-state index contributed by atoms with van der Waals surface area (Å²) in [6.45, 7) is 7.10. The molecule has 1 aromatic rings. The van der Waals surface area contributed by atoms with Crippen molar-refractivity contribution in [1.29, 1.82) is 0 Å². The Labute approximate surface area is 250 Å². The Hall–Kier alpha value is -3.05. The SMILES string of the molecule is CCCCN(CCCC[N+](C)(C)C)C(=O)CN1C[C@H](c2ccc3c(c2)OCO3)[C@@H](C(=O)O)[C@@H]1CCN1CCN(C)C1=O. The smallest absolute Gasteiger partial charge is 0.319 e. The standard InChI is InChI=1S/C31H49N5O6/c1-6-7-13-33(14-8-9-18-36(3,4)5)28(37)21-35-20-24(23-10-11-26-27(19-23)42-22-41-26)29(30(38)39)25(35)12-15-34-17-16-32(2)31(34)40/h10-11,19,24-25,29H,6-9,12-18,20-22H2,1-5H3/p+1/t24-,25+,29-/m1/s1. The second kappa shape index (κ2) is 13.9. The summed E-state index contributed by atoms with van der Waals surface area (Å²) in [4.78, 5) is 46.7. The molecule has 0 aliphatic carbocycles. The van der Waals surface area contributed by atoms with Crippen molar-refractivity contribution in [3.8, 4) is 11.5 Å². The van der Waals surface area contributed by atoms with Gasteiger partial charge in [0.2, 0.25) is 12.7 Å². The van der Waals surface area contributed by atoms with E-state index in [9.17, 15) is 19.5 Å². The zero-order valence-electron chi connectivity index (χ0n) is 26.1. The number of carboxylic acid groups (broad SMARTS) is 1. The van der Waals surface area contributed by atoms with E-state index in [0.717, 1.165) is 42.3 Å². The Morgan fingerprint density at radius 2 is 1.81 bits per heavy atom. The molecular weight excluding hydrogens is 538 g/mol. The average Bonchev–Trinajstić information content (AvgIpc) is 3.63. The highest BCUT2D eigenvalue weighted by atomic mass is 16.7. The molecule has 2 fully saturated rings. The molecule has 11 heteroatoms. The maximum atomic E-state index is 13.8. The van der Waals surface area contributed by atoms with Crippen LogP contribution >= 0.6 is 0 Å². The molecule has 1 aromatic carbocycles. The number of unbranched alkanes of at least 4 members (excludes halogenated alkanes) is 2. The van der Waals surface area contributed by atoms with Crippen molar-refractivity contribution in [3.05, 3.63) is 23.8 Å². The van der Waals surface area contributed by atoms with E-state index in [2.05, 4.69) is 33.0 Å². The normalized spacial score (nSPS) is 22.3. The van der Waals surface area contributed by atoms with Gasteiger partial charge in [-0.15, -0.1) is 0 Å². The molecule has 4 rings (SSSR count). The van der Waals surface area contributed by atoms with Crippen LogP contribution in [0.1, 0.15) is 50.5 Å². The Morgan fingerprint density at radius 3 is 2.48 bits per heavy atom. The first kappa shape index (κ1) is 31.9. The number of hydrogen-bond donors (Lipinski definition) is 1. The second-order valence-electron chi connectivity index (χ2n) is 13.0. The second-order valence-corrected chi connectivity index (χ2v) is 13.0. The average molecular weight is 589 g/mol. The van der Waals surface area contributed by atoms with Crippen LogP contribution in [0.15, 0.2) is 18.2 Å². The highest BCUT2D eigenvalue weighted by Gasteiger charge is 2.47. The highest BCUT2D eigenvalue weighted by molar-refractivity contribution is 5.79. The van der Waals surface area contributed by atoms with Gasteiger partial charge in [0.25, 0.3) is 0 Å². The number of rotatable bonds is 15. The van der Waals surface area contributed by atoms with Gasteiger partial charge in [-0.2, -0.15) is 0 Å². The van der Waals surface area contributed by atoms with Crippen molar-refractivity contribution in [3.63, 3.8) is 0 Å². The minimum Gasteiger partial charge on any atom is -0.481 e. The maximum absolute atomic E-state index is 13.8. The molecule has 2 saturated heterocycles. The third-order valence-electron chi connectivity index (χ3n) is 8.83. The minimum absolute atomic E-state index is 0.0329. The van der Waals surface area contributed by atoms with Crippen LogP contribution in [-0.2, 0) is 9.59 Å². The van der Waals surface area contributed by atoms with E-state index >= 15 is 0 Å². The molecule has 0 bridgehead atoms. The summed E-state index contributed by atoms with van der Waals surface area (Å²) in [5, 5.41) is 10.5. The molecule has 1 N–H and O–H groups in total. The summed E-state index contributed by atoms with van der Waals surface area (Å²) in [5.41, 5.74) is 0.867. The van der Waals surface area contributed by atoms with E-state index in [1.807, 2.05) is 23.1 Å². The number of carboxylic acids is 1. The van der Waals surface area contributed by atoms with Crippen LogP contribution in [0.2, 0.25) is 0 Å². The number of quaternary nitrogens is 1. The van der Waals surface area contributed by atoms with Crippen LogP contribution in [0.5, 0.6) is 11.5 Å². The third-order valence-corrected chi connectivity index (χ3v) is 8.83. The molecule has 42 heavy (non-hydrogen) atoms. The zero-order valence-corrected chi connectivity index (χ0v) is 26.1. The molecule has 3 aliphatic rings. The molecule has 3 amide bonds. The van der Waals surface area contributed by atoms with Crippen molar-refractivity contribution in [2.24, 2.45) is 5.92 Å². The zero-order chi connectivity index (χ0) is 30.4. The molecule has 11 nitrogen and oxygen atoms in total. The van der Waals surface area contributed by atoms with Crippen molar-refractivity contribution in [1.82, 2.24) is 19.6 Å². The minimum atomic E-state index is -0.884. The first-order valence-electron chi connectivity index (χ1n) is 15.4. The van der Waals surface area contributed by atoms with E-state index < -0.39 is 11.9 Å². The van der Waals surface area contributed by atoms with Crippen LogP contribution in [0.25, 0.3) is 0 Å². The number of hydrogen-bond acceptors (Lipinski definition) is 6. The summed E-state index contributed by atoms with van der Waals surface area (Å²) in [6, 6.07) is 5.21. The molecule has 234 valence electrons. The highest BCUT2D eigenvalue weighted by Crippen LogP contribution is 2.42. The molecule has 3 atom stereocenters. The number of likely N-dealkylation sites (tertiary alicyclic amines) is 1. The van der Waals surface area contributed by atoms with Crippen LogP contribution in [-0.4, -0.2) is 140 Å². The summed E-state index contributed by atoms with van der Waals surface area (Å²) in [5.74, 6) is -0.604. The largest absolute Gasteiger partial charge is 0.481 e. The first-order chi connectivity index (χ1) is 20.0. The fraction of sp³-hybridized carbons (Fsp3) is 0.710. The lowest BCUT2D eigenvalue weighted by molar-refractivity contribution is -0.870. The van der Waals surface area contributed by atoms with Crippen LogP contribution in [0.4, 0.5) is 4.79 Å². The molecular formula is C31H50N5O6+. The van der Waals surface area contributed by atoms with E-state index in [0.29, 0.717) is 57.2 Å². The van der Waals surface area contributed by atoms with Crippen molar-refractivity contribution in [2.45, 2.75) is 51.0 Å². The van der Waals surface area contributed by atoms with Crippen molar-refractivity contribution >= 4 is 17.9 Å². The van der Waals surface area contributed by atoms with Gasteiger partial charge in [-0.3, -0.25) is 14.5 Å². The predicted octanol–water partition coefficient (Wildman–Crippen LogP) is 2.76. The monoisotopic (exact) mass is 588 g/mol. The molecule has 0 spiro atoms. The quantitative estimate of drug-likeness (QED) is 0.248.